The summed E-state index contributed by atoms with van der Waals surface area (Å²) >= 11 is 0. The summed E-state index contributed by atoms with van der Waals surface area (Å²) in [4.78, 5) is 21.5. The van der Waals surface area contributed by atoms with Gasteiger partial charge in [0.25, 0.3) is 0 Å². The average molecular weight is 235 g/mol. The quantitative estimate of drug-likeness (QED) is 0.859. The minimum absolute atomic E-state index is 0.0724. The minimum atomic E-state index is -0.793. The van der Waals surface area contributed by atoms with E-state index in [4.69, 9.17) is 5.11 Å². The number of aromatic nitrogens is 2. The van der Waals surface area contributed by atoms with E-state index in [1.807, 2.05) is 6.92 Å². The molecule has 2 rings (SSSR count). The second-order valence-corrected chi connectivity index (χ2v) is 4.47. The van der Waals surface area contributed by atoms with Crippen LogP contribution < -0.4 is 4.90 Å². The Morgan fingerprint density at radius 1 is 1.53 bits per heavy atom. The maximum atomic E-state index is 10.7. The molecule has 92 valence electrons. The van der Waals surface area contributed by atoms with Crippen LogP contribution in [0.5, 0.6) is 0 Å². The summed E-state index contributed by atoms with van der Waals surface area (Å²) in [6.45, 7) is 3.87. The van der Waals surface area contributed by atoms with Gasteiger partial charge in [-0.25, -0.2) is 9.97 Å². The molecular formula is C12H17N3O2. The Morgan fingerprint density at radius 3 is 2.88 bits per heavy atom. The third-order valence-corrected chi connectivity index (χ3v) is 3.04. The van der Waals surface area contributed by atoms with E-state index < -0.39 is 5.97 Å². The Labute approximate surface area is 100 Å². The highest BCUT2D eigenvalue weighted by Gasteiger charge is 2.17. The van der Waals surface area contributed by atoms with Gasteiger partial charge < -0.3 is 10.0 Å². The van der Waals surface area contributed by atoms with Crippen molar-refractivity contribution in [3.63, 3.8) is 0 Å². The van der Waals surface area contributed by atoms with Crippen molar-refractivity contribution in [3.8, 4) is 0 Å². The lowest BCUT2D eigenvalue weighted by Crippen LogP contribution is -2.21. The van der Waals surface area contributed by atoms with Gasteiger partial charge in [0.2, 0.25) is 5.95 Å². The monoisotopic (exact) mass is 235 g/mol. The lowest BCUT2D eigenvalue weighted by molar-refractivity contribution is -0.137. The van der Waals surface area contributed by atoms with E-state index >= 15 is 0 Å². The van der Waals surface area contributed by atoms with Gasteiger partial charge in [-0.1, -0.05) is 6.92 Å². The van der Waals surface area contributed by atoms with Gasteiger partial charge in [-0.15, -0.1) is 0 Å². The zero-order valence-corrected chi connectivity index (χ0v) is 9.96. The second kappa shape index (κ2) is 5.12. The van der Waals surface area contributed by atoms with Crippen molar-refractivity contribution < 1.29 is 9.90 Å². The summed E-state index contributed by atoms with van der Waals surface area (Å²) in [7, 11) is 0. The fourth-order valence-corrected chi connectivity index (χ4v) is 2.07. The standard InChI is InChI=1S/C12H17N3O2/c1-9(8-11(16)17)10-4-5-13-12(14-10)15-6-2-3-7-15/h4-5,9H,2-3,6-8H2,1H3,(H,16,17). The van der Waals surface area contributed by atoms with Crippen LogP contribution in [0.3, 0.4) is 0 Å². The summed E-state index contributed by atoms with van der Waals surface area (Å²) < 4.78 is 0. The first kappa shape index (κ1) is 11.8. The van der Waals surface area contributed by atoms with E-state index in [1.165, 1.54) is 12.8 Å². The molecule has 1 N–H and O–H groups in total. The maximum absolute atomic E-state index is 10.7. The van der Waals surface area contributed by atoms with Crippen LogP contribution >= 0.6 is 0 Å². The lowest BCUT2D eigenvalue weighted by Gasteiger charge is -2.16. The number of nitrogens with zero attached hydrogens (tertiary/aromatic N) is 3. The van der Waals surface area contributed by atoms with Crippen molar-refractivity contribution in [2.75, 3.05) is 18.0 Å². The molecule has 17 heavy (non-hydrogen) atoms. The highest BCUT2D eigenvalue weighted by molar-refractivity contribution is 5.67. The molecule has 1 unspecified atom stereocenters. The Bertz CT molecular complexity index is 402. The zero-order chi connectivity index (χ0) is 12.3. The highest BCUT2D eigenvalue weighted by Crippen LogP contribution is 2.20. The SMILES string of the molecule is CC(CC(=O)O)c1ccnc(N2CCCC2)n1. The first-order valence-electron chi connectivity index (χ1n) is 5.96. The molecule has 0 radical (unpaired) electrons. The molecule has 1 aromatic rings. The number of carbonyl (C=O) groups is 1. The number of carboxylic acid groups (broad SMARTS) is 1. The average Bonchev–Trinajstić information content (AvgIpc) is 2.82. The van der Waals surface area contributed by atoms with Gasteiger partial charge in [0.05, 0.1) is 6.42 Å². The molecule has 0 saturated carbocycles. The van der Waals surface area contributed by atoms with E-state index in [9.17, 15) is 4.79 Å². The molecule has 0 spiro atoms. The lowest BCUT2D eigenvalue weighted by atomic mass is 10.0. The molecule has 0 amide bonds. The largest absolute Gasteiger partial charge is 0.481 e. The summed E-state index contributed by atoms with van der Waals surface area (Å²) in [5.41, 5.74) is 0.810. The minimum Gasteiger partial charge on any atom is -0.481 e. The van der Waals surface area contributed by atoms with Gasteiger partial charge in [-0.2, -0.15) is 0 Å². The van der Waals surface area contributed by atoms with Gasteiger partial charge in [0, 0.05) is 30.9 Å². The van der Waals surface area contributed by atoms with Crippen LogP contribution in [-0.4, -0.2) is 34.1 Å². The smallest absolute Gasteiger partial charge is 0.304 e. The summed E-state index contributed by atoms with van der Waals surface area (Å²) in [5.74, 6) is -0.132. The third kappa shape index (κ3) is 2.93. The highest BCUT2D eigenvalue weighted by atomic mass is 16.4. The summed E-state index contributed by atoms with van der Waals surface area (Å²) in [6.07, 6.45) is 4.18. The number of hydrogen-bond donors (Lipinski definition) is 1. The van der Waals surface area contributed by atoms with Gasteiger partial charge in [0.15, 0.2) is 0 Å². The Morgan fingerprint density at radius 2 is 2.24 bits per heavy atom. The fourth-order valence-electron chi connectivity index (χ4n) is 2.07. The van der Waals surface area contributed by atoms with Crippen LogP contribution in [0, 0.1) is 0 Å². The van der Waals surface area contributed by atoms with Crippen molar-refractivity contribution in [2.24, 2.45) is 0 Å². The van der Waals surface area contributed by atoms with E-state index in [0.29, 0.717) is 0 Å². The first-order chi connectivity index (χ1) is 8.16. The molecule has 5 heteroatoms. The number of hydrogen-bond acceptors (Lipinski definition) is 4. The summed E-state index contributed by atoms with van der Waals surface area (Å²) in [5, 5.41) is 8.77. The van der Waals surface area contributed by atoms with Crippen molar-refractivity contribution in [2.45, 2.75) is 32.1 Å². The van der Waals surface area contributed by atoms with Gasteiger partial charge in [0.1, 0.15) is 0 Å². The number of anilines is 1. The van der Waals surface area contributed by atoms with Crippen LogP contribution in [0.4, 0.5) is 5.95 Å². The predicted molar refractivity (Wildman–Crippen MR) is 64.1 cm³/mol. The number of rotatable bonds is 4. The molecule has 0 bridgehead atoms. The predicted octanol–water partition coefficient (Wildman–Crippen LogP) is 1.66. The number of carboxylic acids is 1. The van der Waals surface area contributed by atoms with Crippen molar-refractivity contribution in [3.05, 3.63) is 18.0 Å². The second-order valence-electron chi connectivity index (χ2n) is 4.47. The van der Waals surface area contributed by atoms with Crippen LogP contribution in [0.15, 0.2) is 12.3 Å². The number of aliphatic carboxylic acids is 1. The Balaban J connectivity index is 2.12. The fraction of sp³-hybridized carbons (Fsp3) is 0.583. The van der Waals surface area contributed by atoms with Gasteiger partial charge in [-0.3, -0.25) is 4.79 Å². The van der Waals surface area contributed by atoms with Crippen LogP contribution in [-0.2, 0) is 4.79 Å². The molecule has 2 heterocycles. The molecule has 1 atom stereocenters. The van der Waals surface area contributed by atoms with Gasteiger partial charge >= 0.3 is 5.97 Å². The molecule has 1 aliphatic rings. The Hall–Kier alpha value is -1.65. The third-order valence-electron chi connectivity index (χ3n) is 3.04. The molecule has 0 aliphatic carbocycles. The first-order valence-corrected chi connectivity index (χ1v) is 5.96. The molecule has 5 nitrogen and oxygen atoms in total. The van der Waals surface area contributed by atoms with E-state index in [2.05, 4.69) is 14.9 Å². The van der Waals surface area contributed by atoms with E-state index in [-0.39, 0.29) is 12.3 Å². The van der Waals surface area contributed by atoms with Crippen molar-refractivity contribution in [1.82, 2.24) is 9.97 Å². The molecule has 1 saturated heterocycles. The van der Waals surface area contributed by atoms with Crippen molar-refractivity contribution >= 4 is 11.9 Å². The molecular weight excluding hydrogens is 218 g/mol. The molecule has 1 aliphatic heterocycles. The van der Waals surface area contributed by atoms with Gasteiger partial charge in [-0.05, 0) is 18.9 Å². The summed E-state index contributed by atoms with van der Waals surface area (Å²) in [6, 6.07) is 1.80. The molecule has 1 aromatic heterocycles. The normalized spacial score (nSPS) is 17.1. The molecule has 1 fully saturated rings. The maximum Gasteiger partial charge on any atom is 0.304 e. The van der Waals surface area contributed by atoms with Crippen molar-refractivity contribution in [1.29, 1.82) is 0 Å². The van der Waals surface area contributed by atoms with E-state index in [0.717, 1.165) is 24.7 Å². The van der Waals surface area contributed by atoms with Crippen LogP contribution in [0.25, 0.3) is 0 Å². The Kier molecular flexibility index (Phi) is 3.56. The zero-order valence-electron chi connectivity index (χ0n) is 9.96. The topological polar surface area (TPSA) is 66.3 Å². The van der Waals surface area contributed by atoms with E-state index in [1.54, 1.807) is 12.3 Å². The van der Waals surface area contributed by atoms with Crippen LogP contribution in [0.1, 0.15) is 37.8 Å². The van der Waals surface area contributed by atoms with Crippen LogP contribution in [0.2, 0.25) is 0 Å². The molecule has 0 aromatic carbocycles.